The van der Waals surface area contributed by atoms with Gasteiger partial charge < -0.3 is 9.84 Å². The zero-order valence-corrected chi connectivity index (χ0v) is 12.5. The Morgan fingerprint density at radius 3 is 2.55 bits per heavy atom. The fourth-order valence-corrected chi connectivity index (χ4v) is 2.05. The first-order valence-corrected chi connectivity index (χ1v) is 7.53. The molecule has 1 N–H and O–H groups in total. The highest BCUT2D eigenvalue weighted by Crippen LogP contribution is 2.14. The van der Waals surface area contributed by atoms with Crippen molar-refractivity contribution in [3.05, 3.63) is 35.9 Å². The summed E-state index contributed by atoms with van der Waals surface area (Å²) >= 11 is 0. The smallest absolute Gasteiger partial charge is 0.311 e. The van der Waals surface area contributed by atoms with E-state index in [1.165, 1.54) is 12.8 Å². The molecular weight excluding hydrogens is 252 g/mol. The molecule has 0 heterocycles. The van der Waals surface area contributed by atoms with E-state index in [0.717, 1.165) is 18.4 Å². The van der Waals surface area contributed by atoms with E-state index in [-0.39, 0.29) is 12.6 Å². The minimum atomic E-state index is -0.602. The summed E-state index contributed by atoms with van der Waals surface area (Å²) in [6, 6.07) is 9.58. The van der Waals surface area contributed by atoms with Gasteiger partial charge in [-0.1, -0.05) is 62.9 Å². The van der Waals surface area contributed by atoms with Crippen LogP contribution in [0.3, 0.4) is 0 Å². The number of carbonyl (C=O) groups excluding carboxylic acids is 1. The molecule has 0 saturated heterocycles. The number of aliphatic hydroxyl groups excluding tert-OH is 1. The Balaban J connectivity index is 2.27. The Bertz CT molecular complexity index is 375. The molecule has 3 heteroatoms. The topological polar surface area (TPSA) is 46.5 Å². The highest BCUT2D eigenvalue weighted by atomic mass is 16.5. The summed E-state index contributed by atoms with van der Waals surface area (Å²) in [4.78, 5) is 11.9. The van der Waals surface area contributed by atoms with Gasteiger partial charge >= 0.3 is 5.97 Å². The number of esters is 1. The summed E-state index contributed by atoms with van der Waals surface area (Å²) in [5.41, 5.74) is 0.963. The van der Waals surface area contributed by atoms with Gasteiger partial charge in [-0.25, -0.2) is 0 Å². The highest BCUT2D eigenvalue weighted by molar-refractivity contribution is 5.72. The molecule has 0 bridgehead atoms. The lowest BCUT2D eigenvalue weighted by molar-refractivity contribution is -0.153. The second-order valence-corrected chi connectivity index (χ2v) is 5.30. The monoisotopic (exact) mass is 278 g/mol. The van der Waals surface area contributed by atoms with Crippen LogP contribution >= 0.6 is 0 Å². The third-order valence-electron chi connectivity index (χ3n) is 3.53. The maximum Gasteiger partial charge on any atom is 0.311 e. The van der Waals surface area contributed by atoms with Crippen LogP contribution in [0.4, 0.5) is 0 Å². The fraction of sp³-hybridized carbons (Fsp3) is 0.588. The number of hydrogen-bond acceptors (Lipinski definition) is 3. The van der Waals surface area contributed by atoms with Gasteiger partial charge in [-0.2, -0.15) is 0 Å². The Labute approximate surface area is 122 Å². The van der Waals surface area contributed by atoms with Crippen molar-refractivity contribution >= 4 is 5.97 Å². The molecule has 20 heavy (non-hydrogen) atoms. The first-order valence-electron chi connectivity index (χ1n) is 7.53. The molecule has 0 aromatic heterocycles. The molecule has 3 nitrogen and oxygen atoms in total. The average molecular weight is 278 g/mol. The standard InChI is InChI=1S/C17H26O3/c1-3-4-5-9-12-16(18)14(2)17(19)20-13-15-10-7-6-8-11-15/h6-8,10-11,14,16,18H,3-5,9,12-13H2,1-2H3. The van der Waals surface area contributed by atoms with Crippen molar-refractivity contribution < 1.29 is 14.6 Å². The van der Waals surface area contributed by atoms with Crippen molar-refractivity contribution in [3.63, 3.8) is 0 Å². The average Bonchev–Trinajstić information content (AvgIpc) is 2.49. The largest absolute Gasteiger partial charge is 0.461 e. The summed E-state index contributed by atoms with van der Waals surface area (Å²) in [6.45, 7) is 4.16. The van der Waals surface area contributed by atoms with Crippen molar-refractivity contribution in [2.45, 2.75) is 58.7 Å². The van der Waals surface area contributed by atoms with Gasteiger partial charge in [-0.15, -0.1) is 0 Å². The van der Waals surface area contributed by atoms with Gasteiger partial charge in [0.05, 0.1) is 12.0 Å². The summed E-state index contributed by atoms with van der Waals surface area (Å²) in [5, 5.41) is 9.98. The van der Waals surface area contributed by atoms with Crippen molar-refractivity contribution in [2.75, 3.05) is 0 Å². The lowest BCUT2D eigenvalue weighted by atomic mass is 9.99. The molecular formula is C17H26O3. The summed E-state index contributed by atoms with van der Waals surface area (Å²) < 4.78 is 5.24. The number of carbonyl (C=O) groups is 1. The Kier molecular flexibility index (Phi) is 7.97. The summed E-state index contributed by atoms with van der Waals surface area (Å²) in [7, 11) is 0. The third kappa shape index (κ3) is 6.20. The highest BCUT2D eigenvalue weighted by Gasteiger charge is 2.22. The molecule has 0 fully saturated rings. The van der Waals surface area contributed by atoms with Gasteiger partial charge in [0, 0.05) is 0 Å². The summed E-state index contributed by atoms with van der Waals surface area (Å²) in [6.07, 6.45) is 4.49. The number of benzene rings is 1. The summed E-state index contributed by atoms with van der Waals surface area (Å²) in [5.74, 6) is -0.780. The number of aliphatic hydroxyl groups is 1. The zero-order valence-electron chi connectivity index (χ0n) is 12.5. The molecule has 0 aliphatic carbocycles. The fourth-order valence-electron chi connectivity index (χ4n) is 2.05. The second-order valence-electron chi connectivity index (χ2n) is 5.30. The van der Waals surface area contributed by atoms with Gasteiger partial charge in [0.1, 0.15) is 6.61 Å². The molecule has 2 unspecified atom stereocenters. The molecule has 0 radical (unpaired) electrons. The van der Waals surface area contributed by atoms with Crippen molar-refractivity contribution in [2.24, 2.45) is 5.92 Å². The second kappa shape index (κ2) is 9.54. The van der Waals surface area contributed by atoms with E-state index in [9.17, 15) is 9.90 Å². The SMILES string of the molecule is CCCCCCC(O)C(C)C(=O)OCc1ccccc1. The van der Waals surface area contributed by atoms with Gasteiger partial charge in [0.15, 0.2) is 0 Å². The van der Waals surface area contributed by atoms with Crippen LogP contribution in [0.15, 0.2) is 30.3 Å². The van der Waals surface area contributed by atoms with Crippen LogP contribution in [0, 0.1) is 5.92 Å². The van der Waals surface area contributed by atoms with E-state index in [1.54, 1.807) is 6.92 Å². The van der Waals surface area contributed by atoms with E-state index in [0.29, 0.717) is 6.42 Å². The predicted octanol–water partition coefficient (Wildman–Crippen LogP) is 3.70. The van der Waals surface area contributed by atoms with Crippen LogP contribution in [-0.2, 0) is 16.1 Å². The molecule has 0 saturated carbocycles. The number of hydrogen-bond donors (Lipinski definition) is 1. The molecule has 0 amide bonds. The number of ether oxygens (including phenoxy) is 1. The first kappa shape index (κ1) is 16.7. The zero-order chi connectivity index (χ0) is 14.8. The normalized spacial score (nSPS) is 13.8. The van der Waals surface area contributed by atoms with Crippen LogP contribution in [0.5, 0.6) is 0 Å². The maximum absolute atomic E-state index is 11.9. The molecule has 1 aromatic carbocycles. The molecule has 0 spiro atoms. The number of rotatable bonds is 9. The van der Waals surface area contributed by atoms with Gasteiger partial charge in [-0.3, -0.25) is 4.79 Å². The van der Waals surface area contributed by atoms with Crippen molar-refractivity contribution in [1.82, 2.24) is 0 Å². The van der Waals surface area contributed by atoms with E-state index in [2.05, 4.69) is 6.92 Å². The van der Waals surface area contributed by atoms with E-state index in [1.807, 2.05) is 30.3 Å². The Morgan fingerprint density at radius 2 is 1.90 bits per heavy atom. The van der Waals surface area contributed by atoms with Crippen molar-refractivity contribution in [1.29, 1.82) is 0 Å². The van der Waals surface area contributed by atoms with Gasteiger partial charge in [-0.05, 0) is 18.9 Å². The maximum atomic E-state index is 11.9. The predicted molar refractivity (Wildman–Crippen MR) is 80.2 cm³/mol. The van der Waals surface area contributed by atoms with Crippen LogP contribution < -0.4 is 0 Å². The van der Waals surface area contributed by atoms with Gasteiger partial charge in [0.2, 0.25) is 0 Å². The third-order valence-corrected chi connectivity index (χ3v) is 3.53. The minimum Gasteiger partial charge on any atom is -0.461 e. The molecule has 0 aliphatic rings. The van der Waals surface area contributed by atoms with Crippen LogP contribution in [0.1, 0.15) is 51.5 Å². The molecule has 1 aromatic rings. The number of unbranched alkanes of at least 4 members (excludes halogenated alkanes) is 3. The quantitative estimate of drug-likeness (QED) is 0.553. The Hall–Kier alpha value is -1.35. The lowest BCUT2D eigenvalue weighted by Crippen LogP contribution is -2.27. The lowest BCUT2D eigenvalue weighted by Gasteiger charge is -2.17. The first-order chi connectivity index (χ1) is 9.65. The van der Waals surface area contributed by atoms with Crippen molar-refractivity contribution in [3.8, 4) is 0 Å². The van der Waals surface area contributed by atoms with E-state index < -0.39 is 12.0 Å². The minimum absolute atomic E-state index is 0.270. The molecule has 112 valence electrons. The Morgan fingerprint density at radius 1 is 1.20 bits per heavy atom. The van der Waals surface area contributed by atoms with E-state index in [4.69, 9.17) is 4.74 Å². The van der Waals surface area contributed by atoms with Crippen LogP contribution in [0.25, 0.3) is 0 Å². The molecule has 1 rings (SSSR count). The molecule has 2 atom stereocenters. The van der Waals surface area contributed by atoms with Crippen LogP contribution in [-0.4, -0.2) is 17.2 Å². The van der Waals surface area contributed by atoms with E-state index >= 15 is 0 Å². The molecule has 0 aliphatic heterocycles. The van der Waals surface area contributed by atoms with Crippen LogP contribution in [0.2, 0.25) is 0 Å². The van der Waals surface area contributed by atoms with Gasteiger partial charge in [0.25, 0.3) is 0 Å².